The highest BCUT2D eigenvalue weighted by Crippen LogP contribution is 2.21. The summed E-state index contributed by atoms with van der Waals surface area (Å²) in [7, 11) is 0. The minimum absolute atomic E-state index is 0.751. The number of aromatic nitrogens is 1. The van der Waals surface area contributed by atoms with Gasteiger partial charge in [0.25, 0.3) is 0 Å². The molecule has 0 aromatic carbocycles. The van der Waals surface area contributed by atoms with Crippen molar-refractivity contribution < 1.29 is 4.79 Å². The smallest absolute Gasteiger partial charge is 0.166 e. The van der Waals surface area contributed by atoms with Gasteiger partial charge in [0.2, 0.25) is 0 Å². The van der Waals surface area contributed by atoms with Crippen molar-refractivity contribution in [2.45, 2.75) is 26.8 Å². The molecule has 0 N–H and O–H groups in total. The van der Waals surface area contributed by atoms with Gasteiger partial charge in [0.05, 0.1) is 5.69 Å². The highest BCUT2D eigenvalue weighted by molar-refractivity contribution is 9.10. The molecule has 1 heterocycles. The van der Waals surface area contributed by atoms with E-state index in [2.05, 4.69) is 22.9 Å². The van der Waals surface area contributed by atoms with Gasteiger partial charge in [-0.15, -0.1) is 0 Å². The first kappa shape index (κ1) is 9.52. The molecule has 0 amide bonds. The fraction of sp³-hybridized carbons (Fsp3) is 0.444. The first-order valence-electron chi connectivity index (χ1n) is 4.07. The van der Waals surface area contributed by atoms with Crippen LogP contribution < -0.4 is 0 Å². The van der Waals surface area contributed by atoms with Crippen LogP contribution in [0, 0.1) is 0 Å². The van der Waals surface area contributed by atoms with Crippen LogP contribution >= 0.6 is 15.9 Å². The van der Waals surface area contributed by atoms with Crippen LogP contribution in [0.25, 0.3) is 0 Å². The van der Waals surface area contributed by atoms with Crippen LogP contribution in [0.3, 0.4) is 0 Å². The number of hydrogen-bond acceptors (Lipinski definition) is 1. The molecule has 0 saturated heterocycles. The third kappa shape index (κ3) is 1.46. The SMILES string of the molecule is CCc1c(Br)cc(C=O)n1CC. The maximum absolute atomic E-state index is 10.6. The lowest BCUT2D eigenvalue weighted by atomic mass is 10.3. The lowest BCUT2D eigenvalue weighted by Crippen LogP contribution is -2.03. The molecular formula is C9H12BrNO. The Labute approximate surface area is 80.7 Å². The van der Waals surface area contributed by atoms with E-state index in [1.54, 1.807) is 0 Å². The minimum atomic E-state index is 0.751. The van der Waals surface area contributed by atoms with E-state index in [4.69, 9.17) is 0 Å². The molecule has 1 rings (SSSR count). The average Bonchev–Trinajstić information content (AvgIpc) is 2.40. The monoisotopic (exact) mass is 229 g/mol. The number of rotatable bonds is 3. The zero-order valence-electron chi connectivity index (χ0n) is 7.30. The van der Waals surface area contributed by atoms with Crippen LogP contribution in [-0.4, -0.2) is 10.9 Å². The van der Waals surface area contributed by atoms with E-state index in [9.17, 15) is 4.79 Å². The van der Waals surface area contributed by atoms with Crippen molar-refractivity contribution in [3.63, 3.8) is 0 Å². The van der Waals surface area contributed by atoms with Gasteiger partial charge in [-0.05, 0) is 35.3 Å². The maximum Gasteiger partial charge on any atom is 0.166 e. The summed E-state index contributed by atoms with van der Waals surface area (Å²) in [6, 6.07) is 1.87. The molecule has 0 fully saturated rings. The minimum Gasteiger partial charge on any atom is -0.342 e. The van der Waals surface area contributed by atoms with E-state index in [1.165, 1.54) is 5.69 Å². The third-order valence-corrected chi connectivity index (χ3v) is 2.65. The van der Waals surface area contributed by atoms with Gasteiger partial charge >= 0.3 is 0 Å². The predicted molar refractivity (Wildman–Crippen MR) is 52.6 cm³/mol. The summed E-state index contributed by atoms with van der Waals surface area (Å²) in [5.41, 5.74) is 1.95. The normalized spacial score (nSPS) is 10.2. The Kier molecular flexibility index (Phi) is 3.09. The summed E-state index contributed by atoms with van der Waals surface area (Å²) in [6.07, 6.45) is 1.84. The predicted octanol–water partition coefficient (Wildman–Crippen LogP) is 2.65. The van der Waals surface area contributed by atoms with Crippen molar-refractivity contribution >= 4 is 22.2 Å². The summed E-state index contributed by atoms with van der Waals surface area (Å²) in [5, 5.41) is 0. The van der Waals surface area contributed by atoms with Crippen LogP contribution in [0.4, 0.5) is 0 Å². The van der Waals surface area contributed by atoms with E-state index in [0.717, 1.165) is 29.4 Å². The third-order valence-electron chi connectivity index (χ3n) is 1.96. The Morgan fingerprint density at radius 2 is 2.25 bits per heavy atom. The number of nitrogens with zero attached hydrogens (tertiary/aromatic N) is 1. The molecule has 0 aliphatic rings. The molecule has 0 spiro atoms. The fourth-order valence-corrected chi connectivity index (χ4v) is 2.14. The number of carbonyl (C=O) groups is 1. The standard InChI is InChI=1S/C9H12BrNO/c1-3-9-8(10)5-7(6-12)11(9)4-2/h5-6H,3-4H2,1-2H3. The molecular weight excluding hydrogens is 218 g/mol. The Hall–Kier alpha value is -0.570. The van der Waals surface area contributed by atoms with Gasteiger partial charge in [-0.25, -0.2) is 0 Å². The summed E-state index contributed by atoms with van der Waals surface area (Å²) >= 11 is 3.43. The fourth-order valence-electron chi connectivity index (χ4n) is 1.41. The van der Waals surface area contributed by atoms with Gasteiger partial charge in [0, 0.05) is 16.7 Å². The quantitative estimate of drug-likeness (QED) is 0.731. The molecule has 0 saturated carbocycles. The van der Waals surface area contributed by atoms with E-state index in [1.807, 2.05) is 17.6 Å². The number of aldehydes is 1. The van der Waals surface area contributed by atoms with Gasteiger partial charge < -0.3 is 4.57 Å². The molecule has 66 valence electrons. The topological polar surface area (TPSA) is 22.0 Å². The van der Waals surface area contributed by atoms with Gasteiger partial charge in [-0.3, -0.25) is 4.79 Å². The summed E-state index contributed by atoms with van der Waals surface area (Å²) in [5.74, 6) is 0. The molecule has 1 aromatic heterocycles. The zero-order valence-corrected chi connectivity index (χ0v) is 8.89. The molecule has 0 bridgehead atoms. The lowest BCUT2D eigenvalue weighted by Gasteiger charge is -2.05. The molecule has 2 nitrogen and oxygen atoms in total. The second-order valence-electron chi connectivity index (χ2n) is 2.58. The van der Waals surface area contributed by atoms with Crippen LogP contribution in [0.1, 0.15) is 30.0 Å². The lowest BCUT2D eigenvalue weighted by molar-refractivity contribution is 0.111. The van der Waals surface area contributed by atoms with E-state index < -0.39 is 0 Å². The number of hydrogen-bond donors (Lipinski definition) is 0. The molecule has 0 radical (unpaired) electrons. The molecule has 0 unspecified atom stereocenters. The maximum atomic E-state index is 10.6. The molecule has 0 aliphatic heterocycles. The Bertz CT molecular complexity index is 291. The molecule has 0 aliphatic carbocycles. The van der Waals surface area contributed by atoms with Crippen LogP contribution in [0.15, 0.2) is 10.5 Å². The number of halogens is 1. The number of carbonyl (C=O) groups excluding carboxylic acids is 1. The van der Waals surface area contributed by atoms with E-state index in [0.29, 0.717) is 0 Å². The van der Waals surface area contributed by atoms with Crippen LogP contribution in [0.2, 0.25) is 0 Å². The summed E-state index contributed by atoms with van der Waals surface area (Å²) in [6.45, 7) is 4.97. The van der Waals surface area contributed by atoms with Gasteiger partial charge in [-0.2, -0.15) is 0 Å². The summed E-state index contributed by atoms with van der Waals surface area (Å²) < 4.78 is 3.06. The average molecular weight is 230 g/mol. The Morgan fingerprint density at radius 1 is 1.58 bits per heavy atom. The van der Waals surface area contributed by atoms with E-state index in [-0.39, 0.29) is 0 Å². The van der Waals surface area contributed by atoms with Crippen molar-refractivity contribution in [1.29, 1.82) is 0 Å². The zero-order chi connectivity index (χ0) is 9.14. The Morgan fingerprint density at radius 3 is 2.67 bits per heavy atom. The summed E-state index contributed by atoms with van der Waals surface area (Å²) in [4.78, 5) is 10.6. The van der Waals surface area contributed by atoms with Crippen molar-refractivity contribution in [2.75, 3.05) is 0 Å². The largest absolute Gasteiger partial charge is 0.342 e. The van der Waals surface area contributed by atoms with Crippen molar-refractivity contribution in [3.8, 4) is 0 Å². The van der Waals surface area contributed by atoms with Crippen LogP contribution in [-0.2, 0) is 13.0 Å². The second kappa shape index (κ2) is 3.90. The second-order valence-corrected chi connectivity index (χ2v) is 3.43. The first-order chi connectivity index (χ1) is 5.74. The van der Waals surface area contributed by atoms with Gasteiger partial charge in [0.1, 0.15) is 0 Å². The molecule has 3 heteroatoms. The molecule has 12 heavy (non-hydrogen) atoms. The van der Waals surface area contributed by atoms with Gasteiger partial charge in [0.15, 0.2) is 6.29 Å². The van der Waals surface area contributed by atoms with Crippen LogP contribution in [0.5, 0.6) is 0 Å². The first-order valence-corrected chi connectivity index (χ1v) is 4.86. The highest BCUT2D eigenvalue weighted by Gasteiger charge is 2.09. The van der Waals surface area contributed by atoms with Crippen molar-refractivity contribution in [2.24, 2.45) is 0 Å². The van der Waals surface area contributed by atoms with Crippen molar-refractivity contribution in [3.05, 3.63) is 21.9 Å². The van der Waals surface area contributed by atoms with Gasteiger partial charge in [-0.1, -0.05) is 6.92 Å². The molecule has 1 aromatic rings. The highest BCUT2D eigenvalue weighted by atomic mass is 79.9. The van der Waals surface area contributed by atoms with E-state index >= 15 is 0 Å². The Balaban J connectivity index is 3.25. The van der Waals surface area contributed by atoms with Crippen molar-refractivity contribution in [1.82, 2.24) is 4.57 Å². The molecule has 0 atom stereocenters.